The molecule has 0 aliphatic rings. The summed E-state index contributed by atoms with van der Waals surface area (Å²) in [6.45, 7) is 2.08. The summed E-state index contributed by atoms with van der Waals surface area (Å²) in [5.41, 5.74) is 3.91. The van der Waals surface area contributed by atoms with Crippen molar-refractivity contribution >= 4 is 28.7 Å². The summed E-state index contributed by atoms with van der Waals surface area (Å²) >= 11 is 1.28. The maximum atomic E-state index is 13.7. The molecule has 0 fully saturated rings. The number of thiazole rings is 1. The van der Waals surface area contributed by atoms with Crippen molar-refractivity contribution < 1.29 is 13.9 Å². The molecular formula is C16H14FN3O2S. The van der Waals surface area contributed by atoms with Crippen LogP contribution in [0, 0.1) is 18.2 Å². The number of halogens is 1. The minimum Gasteiger partial charge on any atom is -0.466 e. The quantitative estimate of drug-likeness (QED) is 0.383. The maximum absolute atomic E-state index is 13.7. The first-order valence-corrected chi connectivity index (χ1v) is 7.66. The van der Waals surface area contributed by atoms with Gasteiger partial charge < -0.3 is 4.74 Å². The smallest absolute Gasteiger partial charge is 0.311 e. The Hall–Kier alpha value is -2.72. The summed E-state index contributed by atoms with van der Waals surface area (Å²) in [6.07, 6.45) is 6.73. The number of carbonyl (C=O) groups excluding carboxylic acids is 1. The molecule has 0 radical (unpaired) electrons. The molecule has 2 aromatic rings. The number of terminal acetylenes is 1. The maximum Gasteiger partial charge on any atom is 0.311 e. The van der Waals surface area contributed by atoms with Gasteiger partial charge in [-0.3, -0.25) is 10.2 Å². The number of hydrazone groups is 1. The molecule has 1 aromatic heterocycles. The second kappa shape index (κ2) is 8.06. The number of rotatable bonds is 6. The number of nitrogens with one attached hydrogen (secondary N) is 1. The molecule has 0 saturated heterocycles. The molecule has 1 aromatic carbocycles. The fourth-order valence-corrected chi connectivity index (χ4v) is 2.40. The average Bonchev–Trinajstić information content (AvgIpc) is 2.96. The molecule has 0 unspecified atom stereocenters. The van der Waals surface area contributed by atoms with Gasteiger partial charge >= 0.3 is 5.97 Å². The number of benzene rings is 1. The molecule has 0 saturated carbocycles. The minimum atomic E-state index is -0.451. The highest BCUT2D eigenvalue weighted by Crippen LogP contribution is 2.16. The SMILES string of the molecule is C#Cc1cccc(F)c1C=NNc1nc(CC(=O)OCC)cs1. The van der Waals surface area contributed by atoms with Crippen LogP contribution in [0.2, 0.25) is 0 Å². The van der Waals surface area contributed by atoms with Crippen LogP contribution in [0.4, 0.5) is 9.52 Å². The molecule has 118 valence electrons. The highest BCUT2D eigenvalue weighted by Gasteiger charge is 2.08. The van der Waals surface area contributed by atoms with E-state index in [4.69, 9.17) is 11.2 Å². The van der Waals surface area contributed by atoms with E-state index in [-0.39, 0.29) is 18.0 Å². The lowest BCUT2D eigenvalue weighted by Crippen LogP contribution is -2.07. The Morgan fingerprint density at radius 3 is 3.17 bits per heavy atom. The van der Waals surface area contributed by atoms with Gasteiger partial charge in [-0.05, 0) is 19.1 Å². The van der Waals surface area contributed by atoms with Crippen LogP contribution < -0.4 is 5.43 Å². The first-order chi connectivity index (χ1) is 11.1. The van der Waals surface area contributed by atoms with Gasteiger partial charge in [-0.1, -0.05) is 12.0 Å². The van der Waals surface area contributed by atoms with Crippen LogP contribution in [0.15, 0.2) is 28.7 Å². The van der Waals surface area contributed by atoms with Crippen LogP contribution in [0.1, 0.15) is 23.7 Å². The second-order valence-electron chi connectivity index (χ2n) is 4.34. The number of nitrogens with zero attached hydrogens (tertiary/aromatic N) is 2. The largest absolute Gasteiger partial charge is 0.466 e. The Kier molecular flexibility index (Phi) is 5.83. The first kappa shape index (κ1) is 16.6. The monoisotopic (exact) mass is 331 g/mol. The van der Waals surface area contributed by atoms with E-state index in [0.29, 0.717) is 23.0 Å². The molecule has 2 rings (SSSR count). The lowest BCUT2D eigenvalue weighted by Gasteiger charge is -2.00. The van der Waals surface area contributed by atoms with Gasteiger partial charge in [0.25, 0.3) is 0 Å². The predicted octanol–water partition coefficient (Wildman–Crippen LogP) is 2.82. The van der Waals surface area contributed by atoms with Crippen LogP contribution in [0.25, 0.3) is 0 Å². The van der Waals surface area contributed by atoms with Gasteiger partial charge in [0.15, 0.2) is 0 Å². The van der Waals surface area contributed by atoms with E-state index in [2.05, 4.69) is 21.4 Å². The molecule has 0 amide bonds. The van der Waals surface area contributed by atoms with Gasteiger partial charge in [0.2, 0.25) is 5.13 Å². The number of anilines is 1. The molecule has 7 heteroatoms. The minimum absolute atomic E-state index is 0.101. The fraction of sp³-hybridized carbons (Fsp3) is 0.188. The van der Waals surface area contributed by atoms with Crippen molar-refractivity contribution in [3.8, 4) is 12.3 Å². The van der Waals surface area contributed by atoms with E-state index in [1.807, 2.05) is 0 Å². The topological polar surface area (TPSA) is 63.6 Å². The van der Waals surface area contributed by atoms with Crippen LogP contribution in [0.5, 0.6) is 0 Å². The Balaban J connectivity index is 2.01. The highest BCUT2D eigenvalue weighted by molar-refractivity contribution is 7.13. The number of ether oxygens (including phenoxy) is 1. The van der Waals surface area contributed by atoms with E-state index < -0.39 is 5.82 Å². The Morgan fingerprint density at radius 2 is 2.43 bits per heavy atom. The van der Waals surface area contributed by atoms with Crippen LogP contribution >= 0.6 is 11.3 Å². The molecule has 0 aliphatic heterocycles. The second-order valence-corrected chi connectivity index (χ2v) is 5.20. The van der Waals surface area contributed by atoms with Gasteiger partial charge in [-0.25, -0.2) is 9.37 Å². The van der Waals surface area contributed by atoms with Crippen LogP contribution in [-0.4, -0.2) is 23.8 Å². The molecule has 0 atom stereocenters. The Morgan fingerprint density at radius 1 is 1.61 bits per heavy atom. The Labute approximate surface area is 137 Å². The van der Waals surface area contributed by atoms with Crippen molar-refractivity contribution in [1.29, 1.82) is 0 Å². The average molecular weight is 331 g/mol. The lowest BCUT2D eigenvalue weighted by molar-refractivity contribution is -0.142. The molecule has 0 spiro atoms. The third-order valence-electron chi connectivity index (χ3n) is 2.74. The van der Waals surface area contributed by atoms with Gasteiger partial charge in [0, 0.05) is 16.5 Å². The van der Waals surface area contributed by atoms with E-state index in [0.717, 1.165) is 0 Å². The van der Waals surface area contributed by atoms with Crippen molar-refractivity contribution in [2.45, 2.75) is 13.3 Å². The molecule has 23 heavy (non-hydrogen) atoms. The summed E-state index contributed by atoms with van der Waals surface area (Å²) in [4.78, 5) is 15.5. The van der Waals surface area contributed by atoms with Crippen molar-refractivity contribution in [2.75, 3.05) is 12.0 Å². The van der Waals surface area contributed by atoms with Crippen molar-refractivity contribution in [2.24, 2.45) is 5.10 Å². The normalized spacial score (nSPS) is 10.5. The van der Waals surface area contributed by atoms with Crippen LogP contribution in [-0.2, 0) is 16.0 Å². The lowest BCUT2D eigenvalue weighted by atomic mass is 10.1. The van der Waals surface area contributed by atoms with E-state index >= 15 is 0 Å². The zero-order chi connectivity index (χ0) is 16.7. The molecule has 5 nitrogen and oxygen atoms in total. The van der Waals surface area contributed by atoms with E-state index in [9.17, 15) is 9.18 Å². The predicted molar refractivity (Wildman–Crippen MR) is 88.0 cm³/mol. The zero-order valence-electron chi connectivity index (χ0n) is 12.4. The Bertz CT molecular complexity index is 765. The van der Waals surface area contributed by atoms with Crippen LogP contribution in [0.3, 0.4) is 0 Å². The van der Waals surface area contributed by atoms with Gasteiger partial charge in [-0.2, -0.15) is 5.10 Å². The molecule has 0 aliphatic carbocycles. The summed E-state index contributed by atoms with van der Waals surface area (Å²) in [6, 6.07) is 4.48. The fourth-order valence-electron chi connectivity index (χ4n) is 1.75. The van der Waals surface area contributed by atoms with Gasteiger partial charge in [-0.15, -0.1) is 17.8 Å². The van der Waals surface area contributed by atoms with Crippen molar-refractivity contribution in [3.05, 3.63) is 46.2 Å². The summed E-state index contributed by atoms with van der Waals surface area (Å²) in [7, 11) is 0. The van der Waals surface area contributed by atoms with Crippen molar-refractivity contribution in [1.82, 2.24) is 4.98 Å². The number of aromatic nitrogens is 1. The summed E-state index contributed by atoms with van der Waals surface area (Å²) in [5, 5.41) is 6.14. The number of carbonyl (C=O) groups is 1. The van der Waals surface area contributed by atoms with E-state index in [1.54, 1.807) is 18.4 Å². The number of esters is 1. The standard InChI is InChI=1S/C16H14FN3O2S/c1-3-11-6-5-7-14(17)13(11)9-18-20-16-19-12(10-23-16)8-15(21)22-4-2/h1,5-7,9-10H,4,8H2,2H3,(H,19,20). The molecule has 1 N–H and O–H groups in total. The van der Waals surface area contributed by atoms with Crippen molar-refractivity contribution in [3.63, 3.8) is 0 Å². The summed E-state index contributed by atoms with van der Waals surface area (Å²) in [5.74, 6) is 1.61. The van der Waals surface area contributed by atoms with Gasteiger partial charge in [0.05, 0.1) is 24.9 Å². The van der Waals surface area contributed by atoms with E-state index in [1.165, 1.54) is 29.7 Å². The van der Waals surface area contributed by atoms with Gasteiger partial charge in [0.1, 0.15) is 5.82 Å². The third-order valence-corrected chi connectivity index (χ3v) is 3.54. The highest BCUT2D eigenvalue weighted by atomic mass is 32.1. The molecule has 1 heterocycles. The number of hydrogen-bond acceptors (Lipinski definition) is 6. The number of hydrogen-bond donors (Lipinski definition) is 1. The third kappa shape index (κ3) is 4.63. The first-order valence-electron chi connectivity index (χ1n) is 6.78. The summed E-state index contributed by atoms with van der Waals surface area (Å²) < 4.78 is 18.6. The molecular weight excluding hydrogens is 317 g/mol. The zero-order valence-corrected chi connectivity index (χ0v) is 13.2. The molecule has 0 bridgehead atoms.